The van der Waals surface area contributed by atoms with Crippen LogP contribution in [-0.4, -0.2) is 30.6 Å². The van der Waals surface area contributed by atoms with Crippen LogP contribution >= 0.6 is 0 Å². The number of hydrogen-bond donors (Lipinski definition) is 1. The van der Waals surface area contributed by atoms with E-state index in [2.05, 4.69) is 14.9 Å². The summed E-state index contributed by atoms with van der Waals surface area (Å²) < 4.78 is 31.1. The molecule has 10 heteroatoms. The number of hydrogen-bond acceptors (Lipinski definition) is 7. The number of nitro benzene ring substituents is 1. The van der Waals surface area contributed by atoms with Crippen LogP contribution in [-0.2, 0) is 10.0 Å². The van der Waals surface area contributed by atoms with Crippen molar-refractivity contribution in [3.8, 4) is 5.88 Å². The van der Waals surface area contributed by atoms with Crippen LogP contribution in [0.1, 0.15) is 0 Å². The summed E-state index contributed by atoms with van der Waals surface area (Å²) in [4.78, 5) is 9.79. The molecule has 110 valence electrons. The van der Waals surface area contributed by atoms with Gasteiger partial charge >= 0.3 is 0 Å². The SMILES string of the molecule is COc1ccc(NS(=O)(=O)c2ccc([N+](=O)[O-])cc2)nn1. The smallest absolute Gasteiger partial charge is 0.269 e. The number of nitrogens with zero attached hydrogens (tertiary/aromatic N) is 3. The Morgan fingerprint density at radius 1 is 1.14 bits per heavy atom. The summed E-state index contributed by atoms with van der Waals surface area (Å²) >= 11 is 0. The van der Waals surface area contributed by atoms with E-state index in [1.165, 1.54) is 19.2 Å². The molecule has 0 spiro atoms. The molecule has 0 aliphatic heterocycles. The van der Waals surface area contributed by atoms with Crippen LogP contribution in [0.15, 0.2) is 41.3 Å². The van der Waals surface area contributed by atoms with Crippen molar-refractivity contribution < 1.29 is 18.1 Å². The lowest BCUT2D eigenvalue weighted by Crippen LogP contribution is -2.14. The van der Waals surface area contributed by atoms with Crippen molar-refractivity contribution in [1.82, 2.24) is 10.2 Å². The number of aromatic nitrogens is 2. The Bertz CT molecular complexity index is 743. The van der Waals surface area contributed by atoms with E-state index in [1.54, 1.807) is 0 Å². The maximum Gasteiger partial charge on any atom is 0.269 e. The molecular formula is C11H10N4O5S. The third-order valence-electron chi connectivity index (χ3n) is 2.45. The first-order valence-electron chi connectivity index (χ1n) is 5.57. The fraction of sp³-hybridized carbons (Fsp3) is 0.0909. The van der Waals surface area contributed by atoms with E-state index >= 15 is 0 Å². The first-order chi connectivity index (χ1) is 9.92. The first-order valence-corrected chi connectivity index (χ1v) is 7.06. The molecule has 1 N–H and O–H groups in total. The molecule has 0 saturated heterocycles. The van der Waals surface area contributed by atoms with Gasteiger partial charge in [0.1, 0.15) is 0 Å². The highest BCUT2D eigenvalue weighted by molar-refractivity contribution is 7.92. The quantitative estimate of drug-likeness (QED) is 0.649. The van der Waals surface area contributed by atoms with Crippen molar-refractivity contribution >= 4 is 21.5 Å². The van der Waals surface area contributed by atoms with Crippen LogP contribution in [0.2, 0.25) is 0 Å². The van der Waals surface area contributed by atoms with Gasteiger partial charge in [0.05, 0.1) is 16.9 Å². The van der Waals surface area contributed by atoms with Gasteiger partial charge in [-0.25, -0.2) is 8.42 Å². The molecular weight excluding hydrogens is 300 g/mol. The van der Waals surface area contributed by atoms with Crippen LogP contribution in [0.3, 0.4) is 0 Å². The minimum absolute atomic E-state index is 0.00847. The molecule has 0 aliphatic rings. The Morgan fingerprint density at radius 2 is 1.81 bits per heavy atom. The molecule has 0 saturated carbocycles. The number of anilines is 1. The zero-order valence-electron chi connectivity index (χ0n) is 10.8. The summed E-state index contributed by atoms with van der Waals surface area (Å²) in [6, 6.07) is 7.31. The summed E-state index contributed by atoms with van der Waals surface area (Å²) in [5.41, 5.74) is -0.196. The Hall–Kier alpha value is -2.75. The van der Waals surface area contributed by atoms with Crippen molar-refractivity contribution in [2.24, 2.45) is 0 Å². The molecule has 2 rings (SSSR count). The Kier molecular flexibility index (Phi) is 3.98. The summed E-state index contributed by atoms with van der Waals surface area (Å²) in [7, 11) is -2.48. The van der Waals surface area contributed by atoms with Gasteiger partial charge in [0.2, 0.25) is 5.88 Å². The van der Waals surface area contributed by atoms with E-state index in [4.69, 9.17) is 4.74 Å². The molecule has 0 fully saturated rings. The van der Waals surface area contributed by atoms with Gasteiger partial charge in [-0.15, -0.1) is 10.2 Å². The molecule has 1 aromatic carbocycles. The van der Waals surface area contributed by atoms with Crippen molar-refractivity contribution in [3.05, 3.63) is 46.5 Å². The molecule has 9 nitrogen and oxygen atoms in total. The number of rotatable bonds is 5. The lowest BCUT2D eigenvalue weighted by molar-refractivity contribution is -0.384. The molecule has 21 heavy (non-hydrogen) atoms. The molecule has 1 aromatic heterocycles. The summed E-state index contributed by atoms with van der Waals surface area (Å²) in [5.74, 6) is 0.252. The second-order valence-corrected chi connectivity index (χ2v) is 5.50. The molecule has 0 atom stereocenters. The maximum absolute atomic E-state index is 12.1. The van der Waals surface area contributed by atoms with Gasteiger partial charge in [-0.2, -0.15) is 0 Å². The second-order valence-electron chi connectivity index (χ2n) is 3.82. The number of nitrogens with one attached hydrogen (secondary N) is 1. The third-order valence-corrected chi connectivity index (χ3v) is 3.82. The number of methoxy groups -OCH3 is 1. The molecule has 1 heterocycles. The average molecular weight is 310 g/mol. The first kappa shape index (κ1) is 14.7. The van der Waals surface area contributed by atoms with Crippen molar-refractivity contribution in [2.45, 2.75) is 4.90 Å². The average Bonchev–Trinajstić information content (AvgIpc) is 2.48. The van der Waals surface area contributed by atoms with Crippen molar-refractivity contribution in [3.63, 3.8) is 0 Å². The van der Waals surface area contributed by atoms with Gasteiger partial charge in [-0.05, 0) is 18.2 Å². The summed E-state index contributed by atoms with van der Waals surface area (Å²) in [6.07, 6.45) is 0. The molecule has 0 unspecified atom stereocenters. The monoisotopic (exact) mass is 310 g/mol. The number of nitro groups is 1. The number of sulfonamides is 1. The highest BCUT2D eigenvalue weighted by Gasteiger charge is 2.16. The van der Waals surface area contributed by atoms with E-state index in [0.717, 1.165) is 24.3 Å². The number of non-ortho nitro benzene ring substituents is 1. The minimum atomic E-state index is -3.89. The van der Waals surface area contributed by atoms with Gasteiger partial charge in [-0.3, -0.25) is 14.8 Å². The van der Waals surface area contributed by atoms with Gasteiger partial charge < -0.3 is 4.74 Å². The van der Waals surface area contributed by atoms with Gasteiger partial charge in [0.15, 0.2) is 5.82 Å². The fourth-order valence-electron chi connectivity index (χ4n) is 1.43. The van der Waals surface area contributed by atoms with E-state index in [1.807, 2.05) is 0 Å². The van der Waals surface area contributed by atoms with Gasteiger partial charge in [-0.1, -0.05) is 0 Å². The van der Waals surface area contributed by atoms with Crippen LogP contribution in [0.25, 0.3) is 0 Å². The highest BCUT2D eigenvalue weighted by Crippen LogP contribution is 2.18. The zero-order chi connectivity index (χ0) is 15.5. The number of ether oxygens (including phenoxy) is 1. The summed E-state index contributed by atoms with van der Waals surface area (Å²) in [5, 5.41) is 17.8. The third kappa shape index (κ3) is 3.42. The zero-order valence-corrected chi connectivity index (χ0v) is 11.6. The molecule has 0 aliphatic carbocycles. The fourth-order valence-corrected chi connectivity index (χ4v) is 2.42. The van der Waals surface area contributed by atoms with Crippen molar-refractivity contribution in [1.29, 1.82) is 0 Å². The van der Waals surface area contributed by atoms with E-state index in [0.29, 0.717) is 0 Å². The topological polar surface area (TPSA) is 124 Å². The predicted octanol–water partition coefficient (Wildman–Crippen LogP) is 1.19. The normalized spacial score (nSPS) is 10.9. The standard InChI is InChI=1S/C11H10N4O5S/c1-20-11-7-6-10(12-13-11)14-21(18,19)9-4-2-8(3-5-9)15(16)17/h2-7H,1H3,(H,12,14). The Morgan fingerprint density at radius 3 is 2.29 bits per heavy atom. The predicted molar refractivity (Wildman–Crippen MR) is 72.5 cm³/mol. The molecule has 0 bridgehead atoms. The molecule has 0 amide bonds. The van der Waals surface area contributed by atoms with E-state index < -0.39 is 14.9 Å². The van der Waals surface area contributed by atoms with Crippen LogP contribution in [0, 0.1) is 10.1 Å². The maximum atomic E-state index is 12.1. The Labute approximate surface area is 119 Å². The second kappa shape index (κ2) is 5.71. The van der Waals surface area contributed by atoms with Gasteiger partial charge in [0.25, 0.3) is 15.7 Å². The Balaban J connectivity index is 2.22. The lowest BCUT2D eigenvalue weighted by Gasteiger charge is -2.06. The highest BCUT2D eigenvalue weighted by atomic mass is 32.2. The minimum Gasteiger partial charge on any atom is -0.480 e. The molecule has 0 radical (unpaired) electrons. The lowest BCUT2D eigenvalue weighted by atomic mass is 10.3. The van der Waals surface area contributed by atoms with Gasteiger partial charge in [0, 0.05) is 18.2 Å². The summed E-state index contributed by atoms with van der Waals surface area (Å²) in [6.45, 7) is 0. The van der Waals surface area contributed by atoms with E-state index in [9.17, 15) is 18.5 Å². The van der Waals surface area contributed by atoms with Crippen LogP contribution < -0.4 is 9.46 Å². The van der Waals surface area contributed by atoms with Crippen LogP contribution in [0.5, 0.6) is 5.88 Å². The van der Waals surface area contributed by atoms with Crippen molar-refractivity contribution in [2.75, 3.05) is 11.8 Å². The van der Waals surface area contributed by atoms with E-state index in [-0.39, 0.29) is 22.3 Å². The largest absolute Gasteiger partial charge is 0.480 e. The molecule has 2 aromatic rings. The number of benzene rings is 1. The van der Waals surface area contributed by atoms with Crippen LogP contribution in [0.4, 0.5) is 11.5 Å².